The number of primary amides is 1. The second-order valence-electron chi connectivity index (χ2n) is 8.55. The first kappa shape index (κ1) is 21.9. The predicted octanol–water partition coefficient (Wildman–Crippen LogP) is 1.17. The van der Waals surface area contributed by atoms with Crippen molar-refractivity contribution in [1.29, 1.82) is 0 Å². The van der Waals surface area contributed by atoms with Crippen molar-refractivity contribution in [3.63, 3.8) is 0 Å². The Hall–Kier alpha value is -2.41. The van der Waals surface area contributed by atoms with Gasteiger partial charge in [0.2, 0.25) is 11.8 Å². The van der Waals surface area contributed by atoms with Gasteiger partial charge in [-0.15, -0.1) is 0 Å². The highest BCUT2D eigenvalue weighted by atomic mass is 16.2. The molecule has 7 nitrogen and oxygen atoms in total. The molecular weight excluding hydrogens is 356 g/mol. The Morgan fingerprint density at radius 3 is 2.21 bits per heavy atom. The van der Waals surface area contributed by atoms with Gasteiger partial charge in [0.15, 0.2) is 0 Å². The van der Waals surface area contributed by atoms with Crippen LogP contribution in [0.15, 0.2) is 24.3 Å². The van der Waals surface area contributed by atoms with Crippen LogP contribution in [0.4, 0.5) is 0 Å². The first-order valence-electron chi connectivity index (χ1n) is 9.78. The minimum absolute atomic E-state index is 0.0230. The van der Waals surface area contributed by atoms with Gasteiger partial charge in [0, 0.05) is 24.7 Å². The Bertz CT molecular complexity index is 701. The van der Waals surface area contributed by atoms with Crippen LogP contribution in [0.1, 0.15) is 56.5 Å². The monoisotopic (exact) mass is 388 g/mol. The van der Waals surface area contributed by atoms with Gasteiger partial charge in [-0.05, 0) is 42.9 Å². The predicted molar refractivity (Wildman–Crippen MR) is 109 cm³/mol. The fraction of sp³-hybridized carbons (Fsp3) is 0.571. The van der Waals surface area contributed by atoms with Gasteiger partial charge >= 0.3 is 0 Å². The fourth-order valence-electron chi connectivity index (χ4n) is 3.25. The van der Waals surface area contributed by atoms with Gasteiger partial charge in [0.1, 0.15) is 6.04 Å². The number of rotatable bonds is 6. The van der Waals surface area contributed by atoms with Crippen molar-refractivity contribution in [3.8, 4) is 0 Å². The Labute approximate surface area is 167 Å². The van der Waals surface area contributed by atoms with E-state index in [0.717, 1.165) is 31.5 Å². The van der Waals surface area contributed by atoms with E-state index in [2.05, 4.69) is 31.4 Å². The minimum Gasteiger partial charge on any atom is -0.369 e. The number of piperidine rings is 1. The molecule has 7 heteroatoms. The number of benzene rings is 1. The quantitative estimate of drug-likeness (QED) is 0.680. The summed E-state index contributed by atoms with van der Waals surface area (Å²) in [7, 11) is 0. The molecule has 1 aliphatic heterocycles. The van der Waals surface area contributed by atoms with Crippen molar-refractivity contribution in [2.45, 2.75) is 58.0 Å². The molecule has 0 saturated carbocycles. The van der Waals surface area contributed by atoms with Crippen LogP contribution in [0.25, 0.3) is 0 Å². The molecule has 1 aromatic carbocycles. The molecule has 1 heterocycles. The molecule has 0 spiro atoms. The number of hydrogen-bond donors (Lipinski definition) is 3. The van der Waals surface area contributed by atoms with Crippen molar-refractivity contribution < 1.29 is 14.4 Å². The summed E-state index contributed by atoms with van der Waals surface area (Å²) >= 11 is 0. The molecule has 1 fully saturated rings. The van der Waals surface area contributed by atoms with Crippen LogP contribution in [0.5, 0.6) is 0 Å². The lowest BCUT2D eigenvalue weighted by Crippen LogP contribution is -2.51. The van der Waals surface area contributed by atoms with Crippen molar-refractivity contribution >= 4 is 17.7 Å². The molecule has 0 aromatic heterocycles. The van der Waals surface area contributed by atoms with Gasteiger partial charge < -0.3 is 16.4 Å². The molecule has 4 N–H and O–H groups in total. The van der Waals surface area contributed by atoms with Crippen molar-refractivity contribution in [2.24, 2.45) is 5.73 Å². The van der Waals surface area contributed by atoms with E-state index in [4.69, 9.17) is 5.73 Å². The molecular formula is C21H32N4O3. The maximum absolute atomic E-state index is 12.4. The standard InChI is InChI=1S/C21H32N4O3/c1-14(19(27)24-17-9-11-25(12-10-17)13-18(22)26)23-20(28)15-5-7-16(8-6-15)21(2,3)4/h5-8,14,17H,9-13H2,1-4H3,(H2,22,26)(H,23,28)(H,24,27). The maximum Gasteiger partial charge on any atom is 0.251 e. The number of amides is 3. The molecule has 28 heavy (non-hydrogen) atoms. The zero-order chi connectivity index (χ0) is 20.9. The summed E-state index contributed by atoms with van der Waals surface area (Å²) in [6.45, 7) is 9.72. The Morgan fingerprint density at radius 2 is 1.71 bits per heavy atom. The number of likely N-dealkylation sites (tertiary alicyclic amines) is 1. The number of hydrogen-bond acceptors (Lipinski definition) is 4. The lowest BCUT2D eigenvalue weighted by atomic mass is 9.86. The highest BCUT2D eigenvalue weighted by Crippen LogP contribution is 2.22. The van der Waals surface area contributed by atoms with Crippen LogP contribution < -0.4 is 16.4 Å². The van der Waals surface area contributed by atoms with E-state index < -0.39 is 6.04 Å². The molecule has 1 aromatic rings. The van der Waals surface area contributed by atoms with Crippen molar-refractivity contribution in [3.05, 3.63) is 35.4 Å². The van der Waals surface area contributed by atoms with Gasteiger partial charge in [-0.25, -0.2) is 0 Å². The largest absolute Gasteiger partial charge is 0.369 e. The maximum atomic E-state index is 12.4. The summed E-state index contributed by atoms with van der Waals surface area (Å²) in [6.07, 6.45) is 1.52. The molecule has 3 amide bonds. The van der Waals surface area contributed by atoms with E-state index in [-0.39, 0.29) is 35.7 Å². The number of nitrogens with zero attached hydrogens (tertiary/aromatic N) is 1. The third-order valence-corrected chi connectivity index (χ3v) is 5.07. The van der Waals surface area contributed by atoms with Gasteiger partial charge in [-0.3, -0.25) is 19.3 Å². The first-order valence-corrected chi connectivity index (χ1v) is 9.78. The van der Waals surface area contributed by atoms with Gasteiger partial charge in [-0.1, -0.05) is 32.9 Å². The lowest BCUT2D eigenvalue weighted by molar-refractivity contribution is -0.124. The normalized spacial score (nSPS) is 17.0. The van der Waals surface area contributed by atoms with Gasteiger partial charge in [0.05, 0.1) is 6.54 Å². The number of carbonyl (C=O) groups excluding carboxylic acids is 3. The number of carbonyl (C=O) groups is 3. The fourth-order valence-corrected chi connectivity index (χ4v) is 3.25. The van der Waals surface area contributed by atoms with Crippen LogP contribution in [0.3, 0.4) is 0 Å². The number of nitrogens with one attached hydrogen (secondary N) is 2. The molecule has 0 radical (unpaired) electrons. The van der Waals surface area contributed by atoms with Crippen molar-refractivity contribution in [1.82, 2.24) is 15.5 Å². The van der Waals surface area contributed by atoms with Crippen LogP contribution in [0, 0.1) is 0 Å². The van der Waals surface area contributed by atoms with Gasteiger partial charge in [0.25, 0.3) is 5.91 Å². The average Bonchev–Trinajstić information content (AvgIpc) is 2.62. The molecule has 0 aliphatic carbocycles. The average molecular weight is 389 g/mol. The van der Waals surface area contributed by atoms with Crippen LogP contribution in [-0.4, -0.2) is 54.3 Å². The van der Waals surface area contributed by atoms with E-state index >= 15 is 0 Å². The number of nitrogens with two attached hydrogens (primary N) is 1. The smallest absolute Gasteiger partial charge is 0.251 e. The van der Waals surface area contributed by atoms with Crippen LogP contribution in [0.2, 0.25) is 0 Å². The summed E-state index contributed by atoms with van der Waals surface area (Å²) in [6, 6.07) is 6.88. The van der Waals surface area contributed by atoms with Crippen LogP contribution >= 0.6 is 0 Å². The van der Waals surface area contributed by atoms with E-state index in [0.29, 0.717) is 5.56 Å². The van der Waals surface area contributed by atoms with E-state index in [1.807, 2.05) is 17.0 Å². The molecule has 1 saturated heterocycles. The second kappa shape index (κ2) is 9.19. The zero-order valence-corrected chi connectivity index (χ0v) is 17.2. The third kappa shape index (κ3) is 6.34. The van der Waals surface area contributed by atoms with E-state index in [1.165, 1.54) is 0 Å². The molecule has 2 rings (SSSR count). The summed E-state index contributed by atoms with van der Waals surface area (Å²) < 4.78 is 0. The van der Waals surface area contributed by atoms with Crippen LogP contribution in [-0.2, 0) is 15.0 Å². The Morgan fingerprint density at radius 1 is 1.14 bits per heavy atom. The second-order valence-corrected chi connectivity index (χ2v) is 8.55. The summed E-state index contributed by atoms with van der Waals surface area (Å²) in [5.41, 5.74) is 6.92. The Balaban J connectivity index is 1.82. The molecule has 1 unspecified atom stereocenters. The molecule has 1 aliphatic rings. The van der Waals surface area contributed by atoms with E-state index in [9.17, 15) is 14.4 Å². The minimum atomic E-state index is -0.626. The van der Waals surface area contributed by atoms with E-state index in [1.54, 1.807) is 19.1 Å². The SMILES string of the molecule is CC(NC(=O)c1ccc(C(C)(C)C)cc1)C(=O)NC1CCN(CC(N)=O)CC1. The van der Waals surface area contributed by atoms with Crippen molar-refractivity contribution in [2.75, 3.05) is 19.6 Å². The Kier molecular flexibility index (Phi) is 7.18. The highest BCUT2D eigenvalue weighted by Gasteiger charge is 2.24. The van der Waals surface area contributed by atoms with Gasteiger partial charge in [-0.2, -0.15) is 0 Å². The first-order chi connectivity index (χ1) is 13.1. The summed E-state index contributed by atoms with van der Waals surface area (Å²) in [4.78, 5) is 37.8. The topological polar surface area (TPSA) is 105 Å². The third-order valence-electron chi connectivity index (χ3n) is 5.07. The molecule has 154 valence electrons. The highest BCUT2D eigenvalue weighted by molar-refractivity contribution is 5.97. The summed E-state index contributed by atoms with van der Waals surface area (Å²) in [5.74, 6) is -0.804. The molecule has 0 bridgehead atoms. The molecule has 1 atom stereocenters. The summed E-state index contributed by atoms with van der Waals surface area (Å²) in [5, 5.41) is 5.74. The zero-order valence-electron chi connectivity index (χ0n) is 17.2. The lowest BCUT2D eigenvalue weighted by Gasteiger charge is -2.32.